The number of halogens is 13. The van der Waals surface area contributed by atoms with Gasteiger partial charge in [-0.25, -0.2) is 22.0 Å². The van der Waals surface area contributed by atoms with Gasteiger partial charge in [-0.3, -0.25) is 9.29 Å². The van der Waals surface area contributed by atoms with E-state index in [4.69, 9.17) is 4.55 Å². The summed E-state index contributed by atoms with van der Waals surface area (Å²) in [4.78, 5) is 0. The second-order valence-corrected chi connectivity index (χ2v) is 7.74. The van der Waals surface area contributed by atoms with Crippen molar-refractivity contribution in [2.75, 3.05) is 0 Å². The lowest BCUT2D eigenvalue weighted by molar-refractivity contribution is -0.480. The van der Waals surface area contributed by atoms with Gasteiger partial charge in [0.1, 0.15) is 0 Å². The first-order valence-electron chi connectivity index (χ1n) is 7.24. The molecule has 0 fully saturated rings. The smallest absolute Gasteiger partial charge is 0.281 e. The van der Waals surface area contributed by atoms with Crippen molar-refractivity contribution < 1.29 is 74.8 Å². The highest BCUT2D eigenvalue weighted by Gasteiger charge is 2.87. The zero-order valence-corrected chi connectivity index (χ0v) is 15.6. The third-order valence-electron chi connectivity index (χ3n) is 4.44. The van der Waals surface area contributed by atoms with Gasteiger partial charge in [-0.1, -0.05) is 6.92 Å². The number of ether oxygens (including phenoxy) is 1. The standard InChI is InChI=1S/C12H13F13O4S/c1-4-6(2,7(3,15)16)8(17,5(13)14)29-11(22,23)9(18,19)10(20,21)12(24,25)30(26,27)28/h5H,4H2,1-3H3,(H,26,27,28). The Balaban J connectivity index is 6.74. The van der Waals surface area contributed by atoms with Crippen LogP contribution in [0.25, 0.3) is 0 Å². The predicted molar refractivity (Wildman–Crippen MR) is 71.3 cm³/mol. The fraction of sp³-hybridized carbons (Fsp3) is 1.00. The summed E-state index contributed by atoms with van der Waals surface area (Å²) in [6.07, 6.45) is -14.1. The van der Waals surface area contributed by atoms with E-state index in [1.807, 2.05) is 0 Å². The van der Waals surface area contributed by atoms with Crippen molar-refractivity contribution in [1.82, 2.24) is 0 Å². The van der Waals surface area contributed by atoms with Crippen molar-refractivity contribution in [2.24, 2.45) is 5.41 Å². The van der Waals surface area contributed by atoms with Gasteiger partial charge in [-0.15, -0.1) is 0 Å². The molecule has 0 bridgehead atoms. The monoisotopic (exact) mass is 500 g/mol. The highest BCUT2D eigenvalue weighted by atomic mass is 32.2. The molecule has 0 spiro atoms. The first-order chi connectivity index (χ1) is 12.7. The summed E-state index contributed by atoms with van der Waals surface area (Å²) in [6.45, 7) is -0.0822. The molecule has 0 aliphatic carbocycles. The Bertz CT molecular complexity index is 733. The summed E-state index contributed by atoms with van der Waals surface area (Å²) < 4.78 is 205. The van der Waals surface area contributed by atoms with Crippen molar-refractivity contribution in [1.29, 1.82) is 0 Å². The van der Waals surface area contributed by atoms with Crippen LogP contribution in [0.3, 0.4) is 0 Å². The highest BCUT2D eigenvalue weighted by molar-refractivity contribution is 7.87. The fourth-order valence-corrected chi connectivity index (χ4v) is 2.48. The molecule has 2 atom stereocenters. The number of rotatable bonds is 10. The molecule has 0 aliphatic heterocycles. The molecule has 182 valence electrons. The van der Waals surface area contributed by atoms with E-state index in [1.54, 1.807) is 0 Å². The summed E-state index contributed by atoms with van der Waals surface area (Å²) >= 11 is 0. The molecule has 0 saturated heterocycles. The zero-order chi connectivity index (χ0) is 25.0. The van der Waals surface area contributed by atoms with Crippen molar-refractivity contribution in [2.45, 2.75) is 68.6 Å². The first kappa shape index (κ1) is 29.0. The highest BCUT2D eigenvalue weighted by Crippen LogP contribution is 2.59. The van der Waals surface area contributed by atoms with Gasteiger partial charge >= 0.3 is 33.3 Å². The van der Waals surface area contributed by atoms with E-state index in [1.165, 1.54) is 0 Å². The maximum Gasteiger partial charge on any atom is 0.438 e. The van der Waals surface area contributed by atoms with Crippen LogP contribution in [0.4, 0.5) is 57.1 Å². The topological polar surface area (TPSA) is 63.6 Å². The number of alkyl halides is 13. The summed E-state index contributed by atoms with van der Waals surface area (Å²) in [7, 11) is -7.53. The van der Waals surface area contributed by atoms with Crippen LogP contribution in [0.15, 0.2) is 0 Å². The normalized spacial score (nSPS) is 19.5. The Morgan fingerprint density at radius 1 is 0.833 bits per heavy atom. The molecule has 0 saturated carbocycles. The predicted octanol–water partition coefficient (Wildman–Crippen LogP) is 5.35. The largest absolute Gasteiger partial charge is 0.438 e. The SMILES string of the molecule is CCC(C)(C(C)(F)F)C(F)(OC(F)(F)C(F)(F)C(F)(F)C(F)(F)S(=O)(=O)O)C(F)F. The van der Waals surface area contributed by atoms with Gasteiger partial charge < -0.3 is 0 Å². The third kappa shape index (κ3) is 3.93. The summed E-state index contributed by atoms with van der Waals surface area (Å²) in [5.41, 5.74) is -4.12. The van der Waals surface area contributed by atoms with Crippen LogP contribution in [-0.2, 0) is 14.9 Å². The zero-order valence-electron chi connectivity index (χ0n) is 14.8. The molecule has 0 aromatic carbocycles. The molecule has 0 aliphatic rings. The molecule has 18 heteroatoms. The summed E-state index contributed by atoms with van der Waals surface area (Å²) in [5.74, 6) is -26.3. The molecule has 30 heavy (non-hydrogen) atoms. The van der Waals surface area contributed by atoms with Crippen molar-refractivity contribution in [3.63, 3.8) is 0 Å². The minimum atomic E-state index is -7.83. The van der Waals surface area contributed by atoms with Crippen LogP contribution in [0.1, 0.15) is 27.2 Å². The van der Waals surface area contributed by atoms with Crippen LogP contribution >= 0.6 is 0 Å². The molecule has 0 aromatic heterocycles. The van der Waals surface area contributed by atoms with Crippen molar-refractivity contribution >= 4 is 10.1 Å². The van der Waals surface area contributed by atoms with Gasteiger partial charge in [-0.2, -0.15) is 43.5 Å². The van der Waals surface area contributed by atoms with Gasteiger partial charge in [0.05, 0.1) is 5.41 Å². The number of hydrogen-bond donors (Lipinski definition) is 1. The van der Waals surface area contributed by atoms with Gasteiger partial charge in [0.15, 0.2) is 0 Å². The number of hydrogen-bond acceptors (Lipinski definition) is 3. The molecule has 0 aromatic rings. The molecule has 0 amide bonds. The molecule has 2 unspecified atom stereocenters. The van der Waals surface area contributed by atoms with Crippen molar-refractivity contribution in [3.05, 3.63) is 0 Å². The second-order valence-electron chi connectivity index (χ2n) is 6.28. The quantitative estimate of drug-likeness (QED) is 0.325. The van der Waals surface area contributed by atoms with Crippen LogP contribution in [0, 0.1) is 5.41 Å². The van der Waals surface area contributed by atoms with Gasteiger partial charge in [0.25, 0.3) is 18.2 Å². The fourth-order valence-electron chi connectivity index (χ4n) is 2.03. The maximum absolute atomic E-state index is 14.5. The van der Waals surface area contributed by atoms with Crippen LogP contribution in [-0.4, -0.2) is 54.4 Å². The van der Waals surface area contributed by atoms with E-state index in [0.717, 1.165) is 0 Å². The van der Waals surface area contributed by atoms with Crippen LogP contribution < -0.4 is 0 Å². The van der Waals surface area contributed by atoms with E-state index in [9.17, 15) is 65.5 Å². The lowest BCUT2D eigenvalue weighted by Gasteiger charge is -2.46. The van der Waals surface area contributed by atoms with Gasteiger partial charge in [0.2, 0.25) is 0 Å². The molecular formula is C12H13F13O4S. The molecule has 1 N–H and O–H groups in total. The van der Waals surface area contributed by atoms with Gasteiger partial charge in [0, 0.05) is 6.92 Å². The molecule has 0 heterocycles. The Morgan fingerprint density at radius 2 is 1.20 bits per heavy atom. The van der Waals surface area contributed by atoms with E-state index >= 15 is 0 Å². The molecular weight excluding hydrogens is 487 g/mol. The minimum Gasteiger partial charge on any atom is -0.281 e. The van der Waals surface area contributed by atoms with E-state index in [0.29, 0.717) is 6.92 Å². The van der Waals surface area contributed by atoms with Gasteiger partial charge in [-0.05, 0) is 13.3 Å². The maximum atomic E-state index is 14.5. The first-order valence-corrected chi connectivity index (χ1v) is 8.68. The third-order valence-corrected chi connectivity index (χ3v) is 5.34. The van der Waals surface area contributed by atoms with Crippen molar-refractivity contribution in [3.8, 4) is 0 Å². The lowest BCUT2D eigenvalue weighted by atomic mass is 9.74. The Morgan fingerprint density at radius 3 is 1.43 bits per heavy atom. The van der Waals surface area contributed by atoms with E-state index in [-0.39, 0.29) is 13.8 Å². The molecule has 4 nitrogen and oxygen atoms in total. The average Bonchev–Trinajstić information content (AvgIpc) is 2.50. The van der Waals surface area contributed by atoms with E-state index in [2.05, 4.69) is 4.74 Å². The Hall–Kier alpha value is -1.04. The van der Waals surface area contributed by atoms with E-state index < -0.39 is 63.4 Å². The lowest BCUT2D eigenvalue weighted by Crippen LogP contribution is -2.68. The van der Waals surface area contributed by atoms with Crippen LogP contribution in [0.2, 0.25) is 0 Å². The second kappa shape index (κ2) is 7.53. The summed E-state index contributed by atoms with van der Waals surface area (Å²) in [6, 6.07) is 0. The summed E-state index contributed by atoms with van der Waals surface area (Å²) in [5, 5.41) is -7.37. The Kier molecular flexibility index (Phi) is 7.27. The molecule has 0 radical (unpaired) electrons. The van der Waals surface area contributed by atoms with Crippen LogP contribution in [0.5, 0.6) is 0 Å². The molecule has 0 rings (SSSR count). The average molecular weight is 500 g/mol. The Labute approximate surface area is 160 Å². The minimum absolute atomic E-state index is 0.210.